The Morgan fingerprint density at radius 3 is 2.37 bits per heavy atom. The van der Waals surface area contributed by atoms with Gasteiger partial charge >= 0.3 is 0 Å². The van der Waals surface area contributed by atoms with E-state index < -0.39 is 0 Å². The normalized spacial score (nSPS) is 19.3. The maximum Gasteiger partial charge on any atom is 0.157 e. The number of Topliss-reactive ketones (excluding diaryl/α,β-unsaturated/α-hetero) is 1. The third kappa shape index (κ3) is 3.37. The third-order valence-corrected chi connectivity index (χ3v) is 5.09. The molecule has 0 radical (unpaired) electrons. The molecule has 19 heavy (non-hydrogen) atoms. The molecule has 2 rings (SSSR count). The highest BCUT2D eigenvalue weighted by molar-refractivity contribution is 14.1. The van der Waals surface area contributed by atoms with Crippen LogP contribution in [-0.4, -0.2) is 29.3 Å². The van der Waals surface area contributed by atoms with Crippen LogP contribution in [0.3, 0.4) is 0 Å². The number of nitrogens with zero attached hydrogens (tertiary/aromatic N) is 1. The Morgan fingerprint density at radius 2 is 1.84 bits per heavy atom. The molecule has 1 saturated heterocycles. The fraction of sp³-hybridized carbons (Fsp3) is 0.562. The van der Waals surface area contributed by atoms with Gasteiger partial charge in [-0.3, -0.25) is 9.69 Å². The van der Waals surface area contributed by atoms with Gasteiger partial charge in [0.25, 0.3) is 0 Å². The van der Waals surface area contributed by atoms with Gasteiger partial charge in [-0.05, 0) is 79.6 Å². The fourth-order valence-corrected chi connectivity index (χ4v) is 3.15. The van der Waals surface area contributed by atoms with Crippen LogP contribution in [0, 0.1) is 3.57 Å². The summed E-state index contributed by atoms with van der Waals surface area (Å²) in [7, 11) is 0. The van der Waals surface area contributed by atoms with E-state index in [4.69, 9.17) is 0 Å². The van der Waals surface area contributed by atoms with E-state index in [-0.39, 0.29) is 5.54 Å². The lowest BCUT2D eigenvalue weighted by Crippen LogP contribution is -2.51. The minimum absolute atomic E-state index is 0.278. The smallest absolute Gasteiger partial charge is 0.157 e. The topological polar surface area (TPSA) is 20.3 Å². The Morgan fingerprint density at radius 1 is 1.26 bits per heavy atom. The Hall–Kier alpha value is -0.420. The lowest BCUT2D eigenvalue weighted by Gasteiger charge is -2.36. The molecule has 1 fully saturated rings. The zero-order valence-corrected chi connectivity index (χ0v) is 13.9. The molecular formula is C16H22INO. The highest BCUT2D eigenvalue weighted by Crippen LogP contribution is 2.27. The lowest BCUT2D eigenvalue weighted by molar-refractivity contribution is -0.129. The van der Waals surface area contributed by atoms with Crippen LogP contribution in [0.15, 0.2) is 24.3 Å². The van der Waals surface area contributed by atoms with E-state index in [0.717, 1.165) is 25.1 Å². The van der Waals surface area contributed by atoms with Crippen molar-refractivity contribution in [2.24, 2.45) is 0 Å². The van der Waals surface area contributed by atoms with E-state index in [2.05, 4.69) is 65.6 Å². The van der Waals surface area contributed by atoms with Crippen molar-refractivity contribution in [1.29, 1.82) is 0 Å². The second-order valence-corrected chi connectivity index (χ2v) is 6.79. The van der Waals surface area contributed by atoms with Crippen molar-refractivity contribution in [1.82, 2.24) is 4.90 Å². The summed E-state index contributed by atoms with van der Waals surface area (Å²) in [5.74, 6) is 0.359. The minimum atomic E-state index is -0.278. The van der Waals surface area contributed by atoms with Crippen molar-refractivity contribution in [2.45, 2.75) is 45.1 Å². The highest BCUT2D eigenvalue weighted by Gasteiger charge is 2.38. The van der Waals surface area contributed by atoms with Crippen LogP contribution in [0.2, 0.25) is 0 Å². The molecule has 0 bridgehead atoms. The van der Waals surface area contributed by atoms with Crippen molar-refractivity contribution < 1.29 is 4.79 Å². The number of likely N-dealkylation sites (tertiary alicyclic amines) is 1. The number of halogens is 1. The van der Waals surface area contributed by atoms with E-state index in [1.54, 1.807) is 0 Å². The monoisotopic (exact) mass is 371 g/mol. The van der Waals surface area contributed by atoms with Crippen LogP contribution in [0.25, 0.3) is 0 Å². The lowest BCUT2D eigenvalue weighted by atomic mass is 9.87. The number of hydrogen-bond acceptors (Lipinski definition) is 2. The maximum atomic E-state index is 12.7. The molecule has 104 valence electrons. The zero-order valence-electron chi connectivity index (χ0n) is 11.8. The van der Waals surface area contributed by atoms with Gasteiger partial charge in [0.1, 0.15) is 0 Å². The second-order valence-electron chi connectivity index (χ2n) is 5.55. The summed E-state index contributed by atoms with van der Waals surface area (Å²) in [6, 6.07) is 8.28. The average molecular weight is 371 g/mol. The summed E-state index contributed by atoms with van der Waals surface area (Å²) in [4.78, 5) is 15.1. The van der Waals surface area contributed by atoms with E-state index in [0.29, 0.717) is 12.2 Å². The van der Waals surface area contributed by atoms with Gasteiger partial charge in [-0.2, -0.15) is 0 Å². The van der Waals surface area contributed by atoms with Gasteiger partial charge in [0.05, 0.1) is 5.54 Å². The molecule has 0 amide bonds. The number of benzene rings is 1. The molecule has 3 heteroatoms. The third-order valence-electron chi connectivity index (χ3n) is 4.37. The van der Waals surface area contributed by atoms with Crippen LogP contribution in [0.4, 0.5) is 0 Å². The van der Waals surface area contributed by atoms with Crippen molar-refractivity contribution in [3.05, 3.63) is 33.4 Å². The first-order valence-electron chi connectivity index (χ1n) is 7.09. The zero-order chi connectivity index (χ0) is 13.9. The largest absolute Gasteiger partial charge is 0.297 e. The summed E-state index contributed by atoms with van der Waals surface area (Å²) in [5.41, 5.74) is 0.851. The fourth-order valence-electron chi connectivity index (χ4n) is 2.79. The summed E-state index contributed by atoms with van der Waals surface area (Å²) < 4.78 is 1.21. The molecule has 0 N–H and O–H groups in total. The Balaban J connectivity index is 2.10. The summed E-state index contributed by atoms with van der Waals surface area (Å²) in [6.07, 6.45) is 3.91. The molecular weight excluding hydrogens is 349 g/mol. The minimum Gasteiger partial charge on any atom is -0.297 e. The van der Waals surface area contributed by atoms with Gasteiger partial charge in [-0.15, -0.1) is 0 Å². The second kappa shape index (κ2) is 6.35. The molecule has 1 aliphatic heterocycles. The van der Waals surface area contributed by atoms with E-state index >= 15 is 0 Å². The van der Waals surface area contributed by atoms with Crippen LogP contribution in [-0.2, 0) is 11.2 Å². The SMILES string of the molecule is CCC(C)(C(=O)Cc1ccc(I)cc1)N1CCCC1. The van der Waals surface area contributed by atoms with Crippen LogP contribution < -0.4 is 0 Å². The van der Waals surface area contributed by atoms with Gasteiger partial charge in [0.2, 0.25) is 0 Å². The first-order valence-corrected chi connectivity index (χ1v) is 8.17. The maximum absolute atomic E-state index is 12.7. The average Bonchev–Trinajstić information content (AvgIpc) is 2.95. The van der Waals surface area contributed by atoms with E-state index in [9.17, 15) is 4.79 Å². The van der Waals surface area contributed by atoms with Gasteiger partial charge < -0.3 is 0 Å². The van der Waals surface area contributed by atoms with Crippen molar-refractivity contribution >= 4 is 28.4 Å². The number of rotatable bonds is 5. The molecule has 1 aromatic rings. The molecule has 0 aliphatic carbocycles. The van der Waals surface area contributed by atoms with Crippen molar-refractivity contribution in [3.63, 3.8) is 0 Å². The van der Waals surface area contributed by atoms with Gasteiger partial charge in [0, 0.05) is 9.99 Å². The molecule has 1 unspecified atom stereocenters. The summed E-state index contributed by atoms with van der Waals surface area (Å²) in [5, 5.41) is 0. The summed E-state index contributed by atoms with van der Waals surface area (Å²) >= 11 is 2.29. The quantitative estimate of drug-likeness (QED) is 0.737. The first kappa shape index (κ1) is 15.0. The molecule has 1 aromatic carbocycles. The Kier molecular flexibility index (Phi) is 5.01. The van der Waals surface area contributed by atoms with Crippen LogP contribution in [0.5, 0.6) is 0 Å². The molecule has 1 heterocycles. The standard InChI is InChI=1S/C16H22INO/c1-3-16(2,18-10-4-5-11-18)15(19)12-13-6-8-14(17)9-7-13/h6-9H,3-5,10-12H2,1-2H3. The molecule has 1 atom stereocenters. The number of ketones is 1. The predicted molar refractivity (Wildman–Crippen MR) is 87.4 cm³/mol. The van der Waals surface area contributed by atoms with E-state index in [1.807, 2.05) is 0 Å². The van der Waals surface area contributed by atoms with Crippen LogP contribution in [0.1, 0.15) is 38.7 Å². The molecule has 0 aromatic heterocycles. The van der Waals surface area contributed by atoms with Gasteiger partial charge in [-0.25, -0.2) is 0 Å². The number of hydrogen-bond donors (Lipinski definition) is 0. The summed E-state index contributed by atoms with van der Waals surface area (Å²) in [6.45, 7) is 6.39. The molecule has 0 saturated carbocycles. The molecule has 2 nitrogen and oxygen atoms in total. The predicted octanol–water partition coefficient (Wildman–Crippen LogP) is 3.67. The van der Waals surface area contributed by atoms with E-state index in [1.165, 1.54) is 16.4 Å². The van der Waals surface area contributed by atoms with Gasteiger partial charge in [-0.1, -0.05) is 19.1 Å². The Labute approximate surface area is 129 Å². The van der Waals surface area contributed by atoms with Crippen molar-refractivity contribution in [2.75, 3.05) is 13.1 Å². The van der Waals surface area contributed by atoms with Crippen molar-refractivity contribution in [3.8, 4) is 0 Å². The first-order chi connectivity index (χ1) is 9.06. The number of carbonyl (C=O) groups excluding carboxylic acids is 1. The van der Waals surface area contributed by atoms with Crippen LogP contribution >= 0.6 is 22.6 Å². The Bertz CT molecular complexity index is 437. The number of carbonyl (C=O) groups is 1. The molecule has 0 spiro atoms. The molecule has 1 aliphatic rings. The van der Waals surface area contributed by atoms with Gasteiger partial charge in [0.15, 0.2) is 5.78 Å². The highest BCUT2D eigenvalue weighted by atomic mass is 127.